The predicted molar refractivity (Wildman–Crippen MR) is 94.5 cm³/mol. The van der Waals surface area contributed by atoms with Gasteiger partial charge in [0.25, 0.3) is 5.91 Å². The molecule has 2 rings (SSSR count). The number of halogens is 4. The van der Waals surface area contributed by atoms with E-state index in [2.05, 4.69) is 21.2 Å². The molecule has 0 fully saturated rings. The molecule has 0 unspecified atom stereocenters. The first-order valence-corrected chi connectivity index (χ1v) is 8.16. The Hall–Kier alpha value is -1.27. The number of carbonyl (C=O) groups excluding carboxylic acids is 2. The zero-order valence-electron chi connectivity index (χ0n) is 11.4. The maximum atomic E-state index is 11.9. The van der Waals surface area contributed by atoms with Crippen molar-refractivity contribution in [1.82, 2.24) is 0 Å². The van der Waals surface area contributed by atoms with Gasteiger partial charge in [0.05, 0.1) is 21.3 Å². The zero-order valence-corrected chi connectivity index (χ0v) is 15.3. The number of benzene rings is 2. The first-order chi connectivity index (χ1) is 10.9. The summed E-state index contributed by atoms with van der Waals surface area (Å²) in [5, 5.41) is 3.48. The van der Waals surface area contributed by atoms with Crippen LogP contribution in [0.1, 0.15) is 10.4 Å². The molecule has 1 amide bonds. The molecule has 0 bridgehead atoms. The van der Waals surface area contributed by atoms with Crippen LogP contribution >= 0.6 is 50.7 Å². The Bertz CT molecular complexity index is 768. The molecule has 4 nitrogen and oxygen atoms in total. The fourth-order valence-electron chi connectivity index (χ4n) is 1.64. The van der Waals surface area contributed by atoms with Gasteiger partial charge in [-0.25, -0.2) is 4.79 Å². The van der Waals surface area contributed by atoms with Gasteiger partial charge in [-0.3, -0.25) is 4.79 Å². The maximum Gasteiger partial charge on any atom is 0.340 e. The molecule has 0 radical (unpaired) electrons. The molecule has 0 aliphatic heterocycles. The van der Waals surface area contributed by atoms with E-state index in [0.29, 0.717) is 20.2 Å². The standard InChI is InChI=1S/C15H9BrCl3NO3/c16-8-1-3-11(18)10(5-8)15(22)23-7-14(21)20-13-6-9(17)2-4-12(13)19/h1-6H,7H2,(H,20,21). The van der Waals surface area contributed by atoms with Crippen molar-refractivity contribution in [3.05, 3.63) is 61.5 Å². The minimum absolute atomic E-state index is 0.162. The van der Waals surface area contributed by atoms with Crippen LogP contribution in [0.4, 0.5) is 5.69 Å². The first-order valence-electron chi connectivity index (χ1n) is 6.24. The number of esters is 1. The molecule has 0 saturated carbocycles. The number of nitrogens with one attached hydrogen (secondary N) is 1. The summed E-state index contributed by atoms with van der Waals surface area (Å²) >= 11 is 20.9. The van der Waals surface area contributed by atoms with Crippen molar-refractivity contribution in [2.24, 2.45) is 0 Å². The lowest BCUT2D eigenvalue weighted by Gasteiger charge is -2.09. The van der Waals surface area contributed by atoms with E-state index in [1.54, 1.807) is 24.3 Å². The number of anilines is 1. The van der Waals surface area contributed by atoms with Gasteiger partial charge in [-0.15, -0.1) is 0 Å². The fraction of sp³-hybridized carbons (Fsp3) is 0.0667. The average Bonchev–Trinajstić information content (AvgIpc) is 2.51. The van der Waals surface area contributed by atoms with E-state index in [4.69, 9.17) is 39.5 Å². The lowest BCUT2D eigenvalue weighted by Crippen LogP contribution is -2.21. The highest BCUT2D eigenvalue weighted by Crippen LogP contribution is 2.25. The summed E-state index contributed by atoms with van der Waals surface area (Å²) in [5.41, 5.74) is 0.496. The van der Waals surface area contributed by atoms with Crippen molar-refractivity contribution in [3.63, 3.8) is 0 Å². The summed E-state index contributed by atoms with van der Waals surface area (Å²) in [4.78, 5) is 23.8. The van der Waals surface area contributed by atoms with E-state index < -0.39 is 18.5 Å². The predicted octanol–water partition coefficient (Wildman–Crippen LogP) is 5.20. The minimum atomic E-state index is -0.705. The minimum Gasteiger partial charge on any atom is -0.452 e. The van der Waals surface area contributed by atoms with Crippen molar-refractivity contribution in [2.75, 3.05) is 11.9 Å². The van der Waals surface area contributed by atoms with Gasteiger partial charge >= 0.3 is 5.97 Å². The van der Waals surface area contributed by atoms with Gasteiger partial charge in [-0.05, 0) is 36.4 Å². The molecule has 23 heavy (non-hydrogen) atoms. The van der Waals surface area contributed by atoms with Crippen LogP contribution in [-0.4, -0.2) is 18.5 Å². The molecule has 0 aromatic heterocycles. The highest BCUT2D eigenvalue weighted by Gasteiger charge is 2.15. The highest BCUT2D eigenvalue weighted by atomic mass is 79.9. The summed E-state index contributed by atoms with van der Waals surface area (Å²) < 4.78 is 5.61. The second-order valence-electron chi connectivity index (χ2n) is 4.37. The number of carbonyl (C=O) groups is 2. The van der Waals surface area contributed by atoms with Crippen LogP contribution in [0.2, 0.25) is 15.1 Å². The van der Waals surface area contributed by atoms with Crippen LogP contribution in [0.5, 0.6) is 0 Å². The third-order valence-corrected chi connectivity index (χ3v) is 4.07. The van der Waals surface area contributed by atoms with E-state index >= 15 is 0 Å². The molecule has 0 atom stereocenters. The van der Waals surface area contributed by atoms with Crippen molar-refractivity contribution in [1.29, 1.82) is 0 Å². The normalized spacial score (nSPS) is 10.3. The Morgan fingerprint density at radius 2 is 1.74 bits per heavy atom. The molecule has 2 aromatic rings. The molecule has 120 valence electrons. The average molecular weight is 438 g/mol. The van der Waals surface area contributed by atoms with Gasteiger partial charge < -0.3 is 10.1 Å². The molecule has 1 N–H and O–H groups in total. The molecular formula is C15H9BrCl3NO3. The Kier molecular flexibility index (Phi) is 6.30. The summed E-state index contributed by atoms with van der Waals surface area (Å²) in [7, 11) is 0. The lowest BCUT2D eigenvalue weighted by molar-refractivity contribution is -0.119. The van der Waals surface area contributed by atoms with Crippen molar-refractivity contribution in [3.8, 4) is 0 Å². The molecule has 0 spiro atoms. The highest BCUT2D eigenvalue weighted by molar-refractivity contribution is 9.10. The van der Waals surface area contributed by atoms with Crippen molar-refractivity contribution >= 4 is 68.3 Å². The second-order valence-corrected chi connectivity index (χ2v) is 6.54. The Morgan fingerprint density at radius 3 is 2.48 bits per heavy atom. The molecular weight excluding hydrogens is 428 g/mol. The van der Waals surface area contributed by atoms with Crippen LogP contribution < -0.4 is 5.32 Å². The summed E-state index contributed by atoms with van der Waals surface area (Å²) in [5.74, 6) is -1.25. The van der Waals surface area contributed by atoms with E-state index in [1.165, 1.54) is 12.1 Å². The number of hydrogen-bond acceptors (Lipinski definition) is 3. The van der Waals surface area contributed by atoms with E-state index in [1.807, 2.05) is 0 Å². The second kappa shape index (κ2) is 8.02. The van der Waals surface area contributed by atoms with Crippen LogP contribution in [0.25, 0.3) is 0 Å². The zero-order chi connectivity index (χ0) is 17.0. The largest absolute Gasteiger partial charge is 0.452 e. The maximum absolute atomic E-state index is 11.9. The molecule has 2 aromatic carbocycles. The monoisotopic (exact) mass is 435 g/mol. The topological polar surface area (TPSA) is 55.4 Å². The number of rotatable bonds is 4. The molecule has 8 heteroatoms. The van der Waals surface area contributed by atoms with Crippen molar-refractivity contribution < 1.29 is 14.3 Å². The van der Waals surface area contributed by atoms with Gasteiger partial charge in [0.2, 0.25) is 0 Å². The lowest BCUT2D eigenvalue weighted by atomic mass is 10.2. The van der Waals surface area contributed by atoms with Crippen LogP contribution in [0.3, 0.4) is 0 Å². The third-order valence-electron chi connectivity index (χ3n) is 2.69. The van der Waals surface area contributed by atoms with E-state index in [0.717, 1.165) is 0 Å². The van der Waals surface area contributed by atoms with Crippen LogP contribution in [0.15, 0.2) is 40.9 Å². The molecule has 0 saturated heterocycles. The number of hydrogen-bond donors (Lipinski definition) is 1. The van der Waals surface area contributed by atoms with E-state index in [-0.39, 0.29) is 10.6 Å². The molecule has 0 heterocycles. The van der Waals surface area contributed by atoms with Gasteiger partial charge in [0.1, 0.15) is 0 Å². The Labute approximate surface area is 155 Å². The number of ether oxygens (including phenoxy) is 1. The fourth-order valence-corrected chi connectivity index (χ4v) is 2.54. The van der Waals surface area contributed by atoms with Gasteiger partial charge in [-0.2, -0.15) is 0 Å². The SMILES string of the molecule is O=C(COC(=O)c1cc(Br)ccc1Cl)Nc1cc(Cl)ccc1Cl. The summed E-state index contributed by atoms with van der Waals surface area (Å²) in [6, 6.07) is 9.38. The Balaban J connectivity index is 1.97. The van der Waals surface area contributed by atoms with Crippen LogP contribution in [-0.2, 0) is 9.53 Å². The van der Waals surface area contributed by atoms with Gasteiger partial charge in [0.15, 0.2) is 6.61 Å². The van der Waals surface area contributed by atoms with Crippen LogP contribution in [0, 0.1) is 0 Å². The number of amides is 1. The quantitative estimate of drug-likeness (QED) is 0.669. The molecule has 0 aliphatic rings. The first kappa shape index (κ1) is 18.1. The molecule has 0 aliphatic carbocycles. The van der Waals surface area contributed by atoms with Gasteiger partial charge in [0, 0.05) is 9.50 Å². The third kappa shape index (κ3) is 5.11. The summed E-state index contributed by atoms with van der Waals surface area (Å²) in [6.45, 7) is -0.482. The van der Waals surface area contributed by atoms with Gasteiger partial charge in [-0.1, -0.05) is 50.7 Å². The van der Waals surface area contributed by atoms with Crippen molar-refractivity contribution in [2.45, 2.75) is 0 Å². The Morgan fingerprint density at radius 1 is 1.04 bits per heavy atom. The smallest absolute Gasteiger partial charge is 0.340 e. The summed E-state index contributed by atoms with van der Waals surface area (Å²) in [6.07, 6.45) is 0. The van der Waals surface area contributed by atoms with E-state index in [9.17, 15) is 9.59 Å².